The third kappa shape index (κ3) is 2.98. The molecule has 152 valence electrons. The maximum absolute atomic E-state index is 13.3. The molecule has 1 aliphatic carbocycles. The molecule has 2 aliphatic heterocycles. The monoisotopic (exact) mass is 385 g/mol. The molecule has 3 fully saturated rings. The zero-order chi connectivity index (χ0) is 19.7. The highest BCUT2D eigenvalue weighted by atomic mass is 16.3. The Kier molecular flexibility index (Phi) is 5.32. The van der Waals surface area contributed by atoms with Crippen LogP contribution < -0.4 is 5.32 Å². The van der Waals surface area contributed by atoms with Crippen LogP contribution in [-0.4, -0.2) is 64.7 Å². The van der Waals surface area contributed by atoms with E-state index in [1.807, 2.05) is 30.0 Å². The molecule has 0 bridgehead atoms. The van der Waals surface area contributed by atoms with Crippen molar-refractivity contribution in [2.75, 3.05) is 26.2 Å². The van der Waals surface area contributed by atoms with Gasteiger partial charge in [-0.2, -0.15) is 0 Å². The van der Waals surface area contributed by atoms with Crippen LogP contribution in [0.25, 0.3) is 0 Å². The van der Waals surface area contributed by atoms with Crippen molar-refractivity contribution in [3.8, 4) is 0 Å². The van der Waals surface area contributed by atoms with Crippen LogP contribution in [0.15, 0.2) is 30.3 Å². The average Bonchev–Trinajstić information content (AvgIpc) is 3.20. The predicted octanol–water partition coefficient (Wildman–Crippen LogP) is 2.34. The number of likely N-dealkylation sites (tertiary alicyclic amines) is 2. The fourth-order valence-electron chi connectivity index (χ4n) is 5.49. The van der Waals surface area contributed by atoms with E-state index in [0.29, 0.717) is 19.6 Å². The van der Waals surface area contributed by atoms with E-state index >= 15 is 0 Å². The summed E-state index contributed by atoms with van der Waals surface area (Å²) in [6.07, 6.45) is 5.00. The van der Waals surface area contributed by atoms with Gasteiger partial charge in [0.05, 0.1) is 18.2 Å². The molecular formula is C22H31N3O3. The molecule has 6 heteroatoms. The standard InChI is InChI=1S/C22H31N3O3/c1-2-12-23-21(28)24-14-22(15-24)19(16-8-4-3-5-9-16)18(13-26)25(22)20(27)17-10-6-7-11-17/h3-5,8-9,17-19,26H,2,6-7,10-15H2,1H3,(H,23,28)/t18-,19-/m0/s1. The Bertz CT molecular complexity index is 711. The van der Waals surface area contributed by atoms with Gasteiger partial charge >= 0.3 is 6.03 Å². The van der Waals surface area contributed by atoms with E-state index in [1.54, 1.807) is 4.90 Å². The number of hydrogen-bond acceptors (Lipinski definition) is 3. The molecule has 2 N–H and O–H groups in total. The molecule has 2 heterocycles. The summed E-state index contributed by atoms with van der Waals surface area (Å²) in [5.74, 6) is 0.322. The van der Waals surface area contributed by atoms with E-state index in [-0.39, 0.29) is 42.0 Å². The van der Waals surface area contributed by atoms with Crippen LogP contribution >= 0.6 is 0 Å². The number of urea groups is 1. The van der Waals surface area contributed by atoms with E-state index < -0.39 is 0 Å². The highest BCUT2D eigenvalue weighted by Crippen LogP contribution is 2.54. The molecule has 6 nitrogen and oxygen atoms in total. The Morgan fingerprint density at radius 2 is 1.86 bits per heavy atom. The summed E-state index contributed by atoms with van der Waals surface area (Å²) >= 11 is 0. The van der Waals surface area contributed by atoms with Gasteiger partial charge < -0.3 is 20.2 Å². The minimum absolute atomic E-state index is 0.0399. The van der Waals surface area contributed by atoms with Crippen molar-refractivity contribution in [1.82, 2.24) is 15.1 Å². The van der Waals surface area contributed by atoms with E-state index in [0.717, 1.165) is 37.7 Å². The van der Waals surface area contributed by atoms with Gasteiger partial charge in [-0.1, -0.05) is 50.1 Å². The summed E-state index contributed by atoms with van der Waals surface area (Å²) in [7, 11) is 0. The van der Waals surface area contributed by atoms with Crippen molar-refractivity contribution in [3.05, 3.63) is 35.9 Å². The average molecular weight is 386 g/mol. The highest BCUT2D eigenvalue weighted by molar-refractivity contribution is 5.84. The zero-order valence-corrected chi connectivity index (χ0v) is 16.6. The first-order chi connectivity index (χ1) is 13.6. The number of rotatable bonds is 5. The number of benzene rings is 1. The Morgan fingerprint density at radius 1 is 1.18 bits per heavy atom. The normalized spacial score (nSPS) is 26.1. The van der Waals surface area contributed by atoms with Crippen molar-refractivity contribution in [1.29, 1.82) is 0 Å². The number of carbonyl (C=O) groups is 2. The van der Waals surface area contributed by atoms with Crippen LogP contribution in [0.5, 0.6) is 0 Å². The predicted molar refractivity (Wildman–Crippen MR) is 107 cm³/mol. The number of nitrogens with one attached hydrogen (secondary N) is 1. The lowest BCUT2D eigenvalue weighted by molar-refractivity contribution is -0.196. The van der Waals surface area contributed by atoms with Gasteiger partial charge in [-0.05, 0) is 24.8 Å². The number of hydrogen-bond donors (Lipinski definition) is 2. The van der Waals surface area contributed by atoms with Crippen LogP contribution in [0.4, 0.5) is 4.79 Å². The molecule has 2 saturated heterocycles. The summed E-state index contributed by atoms with van der Waals surface area (Å²) in [5.41, 5.74) is 0.767. The van der Waals surface area contributed by atoms with Gasteiger partial charge in [0.15, 0.2) is 0 Å². The molecule has 3 amide bonds. The second kappa shape index (κ2) is 7.74. The molecule has 2 atom stereocenters. The van der Waals surface area contributed by atoms with Crippen LogP contribution in [0.2, 0.25) is 0 Å². The zero-order valence-electron chi connectivity index (χ0n) is 16.6. The summed E-state index contributed by atoms with van der Waals surface area (Å²) in [5, 5.41) is 13.1. The van der Waals surface area contributed by atoms with Crippen molar-refractivity contribution in [2.24, 2.45) is 5.92 Å². The van der Waals surface area contributed by atoms with Crippen LogP contribution in [0.1, 0.15) is 50.5 Å². The first-order valence-corrected chi connectivity index (χ1v) is 10.6. The van der Waals surface area contributed by atoms with Crippen LogP contribution in [0, 0.1) is 5.92 Å². The van der Waals surface area contributed by atoms with Gasteiger partial charge in [0, 0.05) is 31.5 Å². The van der Waals surface area contributed by atoms with Gasteiger partial charge in [-0.3, -0.25) is 4.79 Å². The first kappa shape index (κ1) is 19.2. The van der Waals surface area contributed by atoms with Gasteiger partial charge in [0.25, 0.3) is 0 Å². The summed E-state index contributed by atoms with van der Waals surface area (Å²) in [4.78, 5) is 29.5. The molecule has 4 rings (SSSR count). The Labute approximate surface area is 166 Å². The summed E-state index contributed by atoms with van der Waals surface area (Å²) in [6.45, 7) is 3.73. The Hall–Kier alpha value is -2.08. The maximum atomic E-state index is 13.3. The molecule has 0 aromatic heterocycles. The fraction of sp³-hybridized carbons (Fsp3) is 0.636. The van der Waals surface area contributed by atoms with E-state index in [2.05, 4.69) is 17.4 Å². The van der Waals surface area contributed by atoms with Gasteiger partial charge in [0.2, 0.25) is 5.91 Å². The van der Waals surface area contributed by atoms with E-state index in [9.17, 15) is 14.7 Å². The lowest BCUT2D eigenvalue weighted by Crippen LogP contribution is -2.86. The molecule has 3 aliphatic rings. The van der Waals surface area contributed by atoms with Crippen molar-refractivity contribution in [3.63, 3.8) is 0 Å². The number of amides is 3. The third-order valence-electron chi connectivity index (χ3n) is 6.81. The van der Waals surface area contributed by atoms with Crippen molar-refractivity contribution >= 4 is 11.9 Å². The summed E-state index contributed by atoms with van der Waals surface area (Å²) in [6, 6.07) is 9.89. The van der Waals surface area contributed by atoms with Gasteiger partial charge in [0.1, 0.15) is 0 Å². The minimum Gasteiger partial charge on any atom is -0.394 e. The number of carbonyl (C=O) groups excluding carboxylic acids is 2. The molecule has 1 aromatic rings. The van der Waals surface area contributed by atoms with E-state index in [1.165, 1.54) is 0 Å². The fourth-order valence-corrected chi connectivity index (χ4v) is 5.49. The third-order valence-corrected chi connectivity index (χ3v) is 6.81. The number of aliphatic hydroxyl groups is 1. The topological polar surface area (TPSA) is 72.9 Å². The van der Waals surface area contributed by atoms with Crippen LogP contribution in [0.3, 0.4) is 0 Å². The molecule has 1 spiro atoms. The Balaban J connectivity index is 1.58. The van der Waals surface area contributed by atoms with Gasteiger partial charge in [-0.15, -0.1) is 0 Å². The molecule has 1 aromatic carbocycles. The van der Waals surface area contributed by atoms with Gasteiger partial charge in [-0.25, -0.2) is 4.79 Å². The highest BCUT2D eigenvalue weighted by Gasteiger charge is 2.68. The largest absolute Gasteiger partial charge is 0.394 e. The van der Waals surface area contributed by atoms with E-state index in [4.69, 9.17) is 0 Å². The number of nitrogens with zero attached hydrogens (tertiary/aromatic N) is 2. The molecule has 0 unspecified atom stereocenters. The van der Waals surface area contributed by atoms with Crippen molar-refractivity contribution in [2.45, 2.75) is 56.5 Å². The number of aliphatic hydroxyl groups excluding tert-OH is 1. The van der Waals surface area contributed by atoms with Crippen LogP contribution in [-0.2, 0) is 4.79 Å². The first-order valence-electron chi connectivity index (χ1n) is 10.6. The second-order valence-corrected chi connectivity index (χ2v) is 8.52. The SMILES string of the molecule is CCCNC(=O)N1CC2(C1)[C@@H](c1ccccc1)[C@H](CO)N2C(=O)C1CCCC1. The minimum atomic E-state index is -0.377. The second-order valence-electron chi connectivity index (χ2n) is 8.52. The smallest absolute Gasteiger partial charge is 0.317 e. The Morgan fingerprint density at radius 3 is 2.46 bits per heavy atom. The lowest BCUT2D eigenvalue weighted by atomic mass is 9.60. The maximum Gasteiger partial charge on any atom is 0.317 e. The van der Waals surface area contributed by atoms with Crippen molar-refractivity contribution < 1.29 is 14.7 Å². The molecule has 28 heavy (non-hydrogen) atoms. The molecular weight excluding hydrogens is 354 g/mol. The lowest BCUT2D eigenvalue weighted by Gasteiger charge is -2.70. The molecule has 1 saturated carbocycles. The quantitative estimate of drug-likeness (QED) is 0.817. The molecule has 0 radical (unpaired) electrons. The summed E-state index contributed by atoms with van der Waals surface area (Å²) < 4.78 is 0.